The Balaban J connectivity index is 3.22. The summed E-state index contributed by atoms with van der Waals surface area (Å²) >= 11 is 0. The van der Waals surface area contributed by atoms with Crippen LogP contribution in [0.5, 0.6) is 0 Å². The van der Waals surface area contributed by atoms with Gasteiger partial charge in [-0.25, -0.2) is 0 Å². The molecule has 0 aromatic heterocycles. The predicted octanol–water partition coefficient (Wildman–Crippen LogP) is 2.59. The number of hydrogen-bond acceptors (Lipinski definition) is 2. The van der Waals surface area contributed by atoms with E-state index in [1.165, 1.54) is 16.7 Å². The van der Waals surface area contributed by atoms with Crippen molar-refractivity contribution in [3.05, 3.63) is 34.4 Å². The van der Waals surface area contributed by atoms with E-state index in [-0.39, 0.29) is 6.04 Å². The molecule has 2 atom stereocenters. The van der Waals surface area contributed by atoms with Crippen molar-refractivity contribution in [2.45, 2.75) is 33.7 Å². The van der Waals surface area contributed by atoms with Gasteiger partial charge in [-0.05, 0) is 50.1 Å². The van der Waals surface area contributed by atoms with Crippen LogP contribution in [0.15, 0.2) is 12.1 Å². The summed E-state index contributed by atoms with van der Waals surface area (Å²) < 4.78 is 0. The molecule has 17 heavy (non-hydrogen) atoms. The molecule has 0 amide bonds. The molecule has 1 aromatic carbocycles. The van der Waals surface area contributed by atoms with Crippen molar-refractivity contribution in [1.29, 1.82) is 0 Å². The smallest absolute Gasteiger partial charge is 0.308 e. The van der Waals surface area contributed by atoms with E-state index in [0.29, 0.717) is 0 Å². The van der Waals surface area contributed by atoms with Crippen LogP contribution in [0.1, 0.15) is 35.2 Å². The summed E-state index contributed by atoms with van der Waals surface area (Å²) in [7, 11) is 1.80. The van der Waals surface area contributed by atoms with Gasteiger partial charge in [-0.15, -0.1) is 0 Å². The summed E-state index contributed by atoms with van der Waals surface area (Å²) in [5.74, 6) is -1.22. The first kappa shape index (κ1) is 13.7. The number of carbonyl (C=O) groups is 1. The van der Waals surface area contributed by atoms with E-state index in [4.69, 9.17) is 5.11 Å². The number of carboxylic acids is 1. The fraction of sp³-hybridized carbons (Fsp3) is 0.500. The summed E-state index contributed by atoms with van der Waals surface area (Å²) in [6.45, 7) is 7.93. The monoisotopic (exact) mass is 235 g/mol. The molecule has 3 nitrogen and oxygen atoms in total. The molecule has 0 aliphatic carbocycles. The van der Waals surface area contributed by atoms with Gasteiger partial charge in [0, 0.05) is 6.04 Å². The summed E-state index contributed by atoms with van der Waals surface area (Å²) in [6.07, 6.45) is 0. The minimum Gasteiger partial charge on any atom is -0.481 e. The fourth-order valence-corrected chi connectivity index (χ4v) is 2.13. The van der Waals surface area contributed by atoms with E-state index in [2.05, 4.69) is 32.2 Å². The van der Waals surface area contributed by atoms with Crippen molar-refractivity contribution in [3.63, 3.8) is 0 Å². The zero-order valence-electron chi connectivity index (χ0n) is 11.2. The van der Waals surface area contributed by atoms with Gasteiger partial charge in [0.2, 0.25) is 0 Å². The van der Waals surface area contributed by atoms with Gasteiger partial charge < -0.3 is 10.4 Å². The van der Waals surface area contributed by atoms with Crippen molar-refractivity contribution in [2.24, 2.45) is 5.92 Å². The first-order valence-electron chi connectivity index (χ1n) is 5.87. The Morgan fingerprint density at radius 3 is 2.29 bits per heavy atom. The standard InChI is InChI=1S/C14H21NO2/c1-8-6-7-12(10(3)9(8)2)13(15-5)11(4)14(16)17/h6-7,11,13,15H,1-5H3,(H,16,17). The number of nitrogens with one attached hydrogen (secondary N) is 1. The Bertz CT molecular complexity index is 426. The average molecular weight is 235 g/mol. The first-order valence-corrected chi connectivity index (χ1v) is 5.87. The molecule has 0 fully saturated rings. The zero-order valence-corrected chi connectivity index (χ0v) is 11.2. The molecular weight excluding hydrogens is 214 g/mol. The van der Waals surface area contributed by atoms with Crippen LogP contribution in [0.25, 0.3) is 0 Å². The second kappa shape index (κ2) is 5.32. The topological polar surface area (TPSA) is 49.3 Å². The largest absolute Gasteiger partial charge is 0.481 e. The molecule has 0 saturated carbocycles. The van der Waals surface area contributed by atoms with E-state index in [9.17, 15) is 4.79 Å². The number of hydrogen-bond donors (Lipinski definition) is 2. The molecule has 1 rings (SSSR count). The minimum absolute atomic E-state index is 0.146. The second-order valence-electron chi connectivity index (χ2n) is 4.61. The SMILES string of the molecule is CNC(c1ccc(C)c(C)c1C)C(C)C(=O)O. The van der Waals surface area contributed by atoms with Crippen molar-refractivity contribution in [3.8, 4) is 0 Å². The van der Waals surface area contributed by atoms with Gasteiger partial charge in [0.25, 0.3) is 0 Å². The van der Waals surface area contributed by atoms with Gasteiger partial charge in [-0.3, -0.25) is 4.79 Å². The van der Waals surface area contributed by atoms with E-state index in [0.717, 1.165) is 5.56 Å². The zero-order chi connectivity index (χ0) is 13.2. The maximum atomic E-state index is 11.1. The number of aliphatic carboxylic acids is 1. The fourth-order valence-electron chi connectivity index (χ4n) is 2.13. The maximum Gasteiger partial charge on any atom is 0.308 e. The molecule has 0 aliphatic heterocycles. The van der Waals surface area contributed by atoms with E-state index < -0.39 is 11.9 Å². The summed E-state index contributed by atoms with van der Waals surface area (Å²) in [6, 6.07) is 3.93. The van der Waals surface area contributed by atoms with Gasteiger partial charge >= 0.3 is 5.97 Å². The Kier molecular flexibility index (Phi) is 4.29. The predicted molar refractivity (Wildman–Crippen MR) is 69.3 cm³/mol. The molecule has 3 heteroatoms. The first-order chi connectivity index (χ1) is 7.90. The lowest BCUT2D eigenvalue weighted by atomic mass is 9.88. The van der Waals surface area contributed by atoms with Crippen LogP contribution in [0.3, 0.4) is 0 Å². The summed E-state index contributed by atoms with van der Waals surface area (Å²) in [5, 5.41) is 12.2. The van der Waals surface area contributed by atoms with Crippen molar-refractivity contribution >= 4 is 5.97 Å². The number of rotatable bonds is 4. The van der Waals surface area contributed by atoms with Crippen molar-refractivity contribution in [1.82, 2.24) is 5.32 Å². The minimum atomic E-state index is -0.776. The number of aryl methyl sites for hydroxylation is 1. The van der Waals surface area contributed by atoms with Crippen LogP contribution in [0.4, 0.5) is 0 Å². The van der Waals surface area contributed by atoms with Crippen LogP contribution in [-0.4, -0.2) is 18.1 Å². The molecular formula is C14H21NO2. The van der Waals surface area contributed by atoms with Gasteiger partial charge in [0.05, 0.1) is 5.92 Å². The third-order valence-corrected chi connectivity index (χ3v) is 3.64. The molecule has 0 radical (unpaired) electrons. The second-order valence-corrected chi connectivity index (χ2v) is 4.61. The van der Waals surface area contributed by atoms with Crippen LogP contribution in [0, 0.1) is 26.7 Å². The van der Waals surface area contributed by atoms with Crippen LogP contribution < -0.4 is 5.32 Å². The number of benzene rings is 1. The molecule has 0 aliphatic rings. The lowest BCUT2D eigenvalue weighted by Crippen LogP contribution is -2.29. The Labute approximate surface area is 103 Å². The Morgan fingerprint density at radius 2 is 1.82 bits per heavy atom. The highest BCUT2D eigenvalue weighted by Gasteiger charge is 2.25. The van der Waals surface area contributed by atoms with Crippen LogP contribution in [0.2, 0.25) is 0 Å². The van der Waals surface area contributed by atoms with E-state index >= 15 is 0 Å². The Morgan fingerprint density at radius 1 is 1.24 bits per heavy atom. The third kappa shape index (κ3) is 2.67. The van der Waals surface area contributed by atoms with Gasteiger partial charge in [-0.2, -0.15) is 0 Å². The molecule has 0 bridgehead atoms. The molecule has 0 spiro atoms. The Hall–Kier alpha value is -1.35. The molecule has 0 heterocycles. The average Bonchev–Trinajstić information content (AvgIpc) is 2.29. The maximum absolute atomic E-state index is 11.1. The van der Waals surface area contributed by atoms with Gasteiger partial charge in [0.1, 0.15) is 0 Å². The molecule has 1 aromatic rings. The molecule has 2 unspecified atom stereocenters. The quantitative estimate of drug-likeness (QED) is 0.843. The van der Waals surface area contributed by atoms with Crippen molar-refractivity contribution in [2.75, 3.05) is 7.05 Å². The number of carboxylic acid groups (broad SMARTS) is 1. The highest BCUT2D eigenvalue weighted by molar-refractivity contribution is 5.71. The highest BCUT2D eigenvalue weighted by Crippen LogP contribution is 2.27. The normalized spacial score (nSPS) is 14.4. The lowest BCUT2D eigenvalue weighted by Gasteiger charge is -2.24. The van der Waals surface area contributed by atoms with E-state index in [1.54, 1.807) is 14.0 Å². The van der Waals surface area contributed by atoms with E-state index in [1.807, 2.05) is 6.07 Å². The molecule has 2 N–H and O–H groups in total. The van der Waals surface area contributed by atoms with Crippen LogP contribution in [-0.2, 0) is 4.79 Å². The lowest BCUT2D eigenvalue weighted by molar-refractivity contribution is -0.142. The van der Waals surface area contributed by atoms with Crippen LogP contribution >= 0.6 is 0 Å². The summed E-state index contributed by atoms with van der Waals surface area (Å²) in [4.78, 5) is 11.1. The van der Waals surface area contributed by atoms with Crippen molar-refractivity contribution < 1.29 is 9.90 Å². The van der Waals surface area contributed by atoms with Gasteiger partial charge in [-0.1, -0.05) is 19.1 Å². The summed E-state index contributed by atoms with van der Waals surface area (Å²) in [5.41, 5.74) is 4.73. The molecule has 94 valence electrons. The van der Waals surface area contributed by atoms with Gasteiger partial charge in [0.15, 0.2) is 0 Å². The molecule has 0 saturated heterocycles. The highest BCUT2D eigenvalue weighted by atomic mass is 16.4. The third-order valence-electron chi connectivity index (χ3n) is 3.64.